The van der Waals surface area contributed by atoms with Crippen LogP contribution in [0.15, 0.2) is 46.9 Å². The van der Waals surface area contributed by atoms with Crippen LogP contribution in [0.4, 0.5) is 4.39 Å². The van der Waals surface area contributed by atoms with Gasteiger partial charge in [0.25, 0.3) is 5.91 Å². The Morgan fingerprint density at radius 3 is 2.91 bits per heavy atom. The Bertz CT molecular complexity index is 1190. The molecule has 0 spiro atoms. The monoisotopic (exact) mass is 512 g/mol. The van der Waals surface area contributed by atoms with E-state index < -0.39 is 0 Å². The van der Waals surface area contributed by atoms with Gasteiger partial charge in [0.15, 0.2) is 5.69 Å². The molecule has 1 aliphatic heterocycles. The first-order chi connectivity index (χ1) is 16.0. The smallest absolute Gasteiger partial charge is 0.275 e. The zero-order valence-electron chi connectivity index (χ0n) is 18.5. The van der Waals surface area contributed by atoms with E-state index in [0.29, 0.717) is 24.3 Å². The number of fused-ring (bicyclic) bond motifs is 3. The Hall–Kier alpha value is -2.71. The van der Waals surface area contributed by atoms with Gasteiger partial charge in [-0.25, -0.2) is 4.39 Å². The average Bonchev–Trinajstić information content (AvgIpc) is 3.57. The van der Waals surface area contributed by atoms with Crippen LogP contribution in [-0.4, -0.2) is 40.2 Å². The van der Waals surface area contributed by atoms with E-state index in [1.807, 2.05) is 25.2 Å². The minimum atomic E-state index is -0.314. The van der Waals surface area contributed by atoms with Crippen molar-refractivity contribution in [1.82, 2.24) is 20.0 Å². The van der Waals surface area contributed by atoms with E-state index >= 15 is 0 Å². The van der Waals surface area contributed by atoms with Crippen LogP contribution < -0.4 is 10.1 Å². The normalized spacial score (nSPS) is 14.4. The quantitative estimate of drug-likeness (QED) is 0.450. The molecule has 1 aliphatic carbocycles. The molecule has 1 amide bonds. The average molecular weight is 513 g/mol. The predicted octanol–water partition coefficient (Wildman–Crippen LogP) is 4.52. The van der Waals surface area contributed by atoms with Gasteiger partial charge in [0.2, 0.25) is 0 Å². The minimum absolute atomic E-state index is 0.185. The Labute approximate surface area is 200 Å². The first kappa shape index (κ1) is 22.1. The molecule has 0 atom stereocenters. The van der Waals surface area contributed by atoms with E-state index in [-0.39, 0.29) is 24.9 Å². The highest BCUT2D eigenvalue weighted by Crippen LogP contribution is 2.40. The zero-order chi connectivity index (χ0) is 22.9. The molecule has 8 heteroatoms. The summed E-state index contributed by atoms with van der Waals surface area (Å²) < 4.78 is 23.0. The summed E-state index contributed by atoms with van der Waals surface area (Å²) in [5.41, 5.74) is 3.38. The molecule has 0 bridgehead atoms. The van der Waals surface area contributed by atoms with Gasteiger partial charge in [0.05, 0.1) is 5.69 Å². The lowest BCUT2D eigenvalue weighted by atomic mass is 10.0. The van der Waals surface area contributed by atoms with Crippen LogP contribution >= 0.6 is 15.9 Å². The van der Waals surface area contributed by atoms with Crippen molar-refractivity contribution in [3.8, 4) is 17.0 Å². The van der Waals surface area contributed by atoms with Crippen molar-refractivity contribution in [3.05, 3.63) is 69.6 Å². The molecule has 1 fully saturated rings. The van der Waals surface area contributed by atoms with Gasteiger partial charge in [-0.3, -0.25) is 9.48 Å². The summed E-state index contributed by atoms with van der Waals surface area (Å²) in [6, 6.07) is 12.4. The van der Waals surface area contributed by atoms with E-state index in [2.05, 4.69) is 26.3 Å². The molecule has 5 rings (SSSR count). The van der Waals surface area contributed by atoms with Gasteiger partial charge in [-0.15, -0.1) is 0 Å². The Morgan fingerprint density at radius 2 is 2.12 bits per heavy atom. The van der Waals surface area contributed by atoms with Gasteiger partial charge in [0, 0.05) is 47.8 Å². The summed E-state index contributed by atoms with van der Waals surface area (Å²) in [7, 11) is 1.84. The van der Waals surface area contributed by atoms with Crippen LogP contribution in [0.5, 0.6) is 5.75 Å². The minimum Gasteiger partial charge on any atom is -0.488 e. The molecule has 1 saturated carbocycles. The molecule has 6 nitrogen and oxygen atoms in total. The third kappa shape index (κ3) is 4.68. The zero-order valence-corrected chi connectivity index (χ0v) is 20.1. The lowest BCUT2D eigenvalue weighted by molar-refractivity contribution is 0.0733. The van der Waals surface area contributed by atoms with Gasteiger partial charge in [-0.2, -0.15) is 5.10 Å². The van der Waals surface area contributed by atoms with Crippen LogP contribution in [0, 0.1) is 11.7 Å². The van der Waals surface area contributed by atoms with E-state index in [0.717, 1.165) is 39.5 Å². The van der Waals surface area contributed by atoms with Crippen LogP contribution in [0.25, 0.3) is 11.3 Å². The van der Waals surface area contributed by atoms with E-state index in [1.54, 1.807) is 27.8 Å². The lowest BCUT2D eigenvalue weighted by Gasteiger charge is -2.24. The van der Waals surface area contributed by atoms with Crippen molar-refractivity contribution < 1.29 is 13.9 Å². The van der Waals surface area contributed by atoms with Crippen molar-refractivity contribution >= 4 is 21.8 Å². The number of rotatable bonds is 8. The Balaban J connectivity index is 1.43. The van der Waals surface area contributed by atoms with Crippen molar-refractivity contribution in [2.24, 2.45) is 13.0 Å². The van der Waals surface area contributed by atoms with Gasteiger partial charge < -0.3 is 15.0 Å². The molecule has 1 N–H and O–H groups in total. The number of amides is 1. The second kappa shape index (κ2) is 9.27. The Kier molecular flexibility index (Phi) is 6.21. The summed E-state index contributed by atoms with van der Waals surface area (Å²) in [5, 5.41) is 8.02. The highest BCUT2D eigenvalue weighted by Gasteiger charge is 2.31. The van der Waals surface area contributed by atoms with Crippen molar-refractivity contribution in [3.63, 3.8) is 0 Å². The van der Waals surface area contributed by atoms with E-state index in [4.69, 9.17) is 4.74 Å². The fourth-order valence-corrected chi connectivity index (χ4v) is 4.61. The van der Waals surface area contributed by atoms with Gasteiger partial charge in [-0.1, -0.05) is 34.1 Å². The predicted molar refractivity (Wildman–Crippen MR) is 127 cm³/mol. The van der Waals surface area contributed by atoms with Crippen LogP contribution in [-0.2, 0) is 20.2 Å². The maximum Gasteiger partial charge on any atom is 0.275 e. The number of hydrogen-bond donors (Lipinski definition) is 1. The van der Waals surface area contributed by atoms with Gasteiger partial charge in [-0.05, 0) is 49.6 Å². The van der Waals surface area contributed by atoms with E-state index in [1.165, 1.54) is 18.9 Å². The first-order valence-corrected chi connectivity index (χ1v) is 12.0. The van der Waals surface area contributed by atoms with Crippen LogP contribution in [0.3, 0.4) is 0 Å². The van der Waals surface area contributed by atoms with Gasteiger partial charge in [0.1, 0.15) is 18.2 Å². The number of ether oxygens (including phenoxy) is 1. The number of nitrogens with one attached hydrogen (secondary N) is 1. The topological polar surface area (TPSA) is 59.4 Å². The number of halogens is 2. The molecular weight excluding hydrogens is 487 g/mol. The lowest BCUT2D eigenvalue weighted by Crippen LogP contribution is -2.38. The first-order valence-electron chi connectivity index (χ1n) is 11.2. The van der Waals surface area contributed by atoms with Crippen molar-refractivity contribution in [2.45, 2.75) is 26.0 Å². The maximum atomic E-state index is 14.4. The SMILES string of the molecule is Cn1nc(C(=O)N(CCNCC2CC2)Cc2ccccc2F)c2c1-c1cc(Br)ccc1OC2. The highest BCUT2D eigenvalue weighted by atomic mass is 79.9. The summed E-state index contributed by atoms with van der Waals surface area (Å²) in [5.74, 6) is 0.983. The number of aryl methyl sites for hydroxylation is 1. The third-order valence-corrected chi connectivity index (χ3v) is 6.70. The second-order valence-corrected chi connectivity index (χ2v) is 9.61. The third-order valence-electron chi connectivity index (χ3n) is 6.21. The molecule has 1 aromatic heterocycles. The molecule has 0 unspecified atom stereocenters. The standard InChI is InChI=1S/C25H26BrFN4O2/c1-30-24-19-12-18(26)8-9-22(19)33-15-20(24)23(29-30)25(32)31(11-10-28-13-16-6-7-16)14-17-4-2-3-5-21(17)27/h2-5,8-9,12,16,28H,6-7,10-11,13-15H2,1H3. The molecule has 0 saturated heterocycles. The fraction of sp³-hybridized carbons (Fsp3) is 0.360. The van der Waals surface area contributed by atoms with E-state index in [9.17, 15) is 9.18 Å². The molecular formula is C25H26BrFN4O2. The van der Waals surface area contributed by atoms with Crippen LogP contribution in [0.2, 0.25) is 0 Å². The number of benzene rings is 2. The number of nitrogens with zero attached hydrogens (tertiary/aromatic N) is 3. The summed E-state index contributed by atoms with van der Waals surface area (Å²) in [6.07, 6.45) is 2.53. The summed E-state index contributed by atoms with van der Waals surface area (Å²) in [6.45, 7) is 2.53. The summed E-state index contributed by atoms with van der Waals surface area (Å²) in [4.78, 5) is 15.4. The number of aromatic nitrogens is 2. The summed E-state index contributed by atoms with van der Waals surface area (Å²) >= 11 is 3.52. The molecule has 2 aromatic carbocycles. The second-order valence-electron chi connectivity index (χ2n) is 8.69. The van der Waals surface area contributed by atoms with Crippen molar-refractivity contribution in [1.29, 1.82) is 0 Å². The van der Waals surface area contributed by atoms with Crippen molar-refractivity contribution in [2.75, 3.05) is 19.6 Å². The highest BCUT2D eigenvalue weighted by molar-refractivity contribution is 9.10. The molecule has 2 aliphatic rings. The maximum absolute atomic E-state index is 14.4. The van der Waals surface area contributed by atoms with Gasteiger partial charge >= 0.3 is 0 Å². The fourth-order valence-electron chi connectivity index (χ4n) is 4.25. The molecule has 2 heterocycles. The molecule has 172 valence electrons. The molecule has 3 aromatic rings. The largest absolute Gasteiger partial charge is 0.488 e. The number of carbonyl (C=O) groups excluding carboxylic acids is 1. The number of carbonyl (C=O) groups is 1. The molecule has 0 radical (unpaired) electrons. The molecule has 33 heavy (non-hydrogen) atoms. The number of hydrogen-bond acceptors (Lipinski definition) is 4. The Morgan fingerprint density at radius 1 is 1.30 bits per heavy atom. The van der Waals surface area contributed by atoms with Crippen LogP contribution in [0.1, 0.15) is 34.5 Å².